The van der Waals surface area contributed by atoms with Gasteiger partial charge in [0, 0.05) is 37.8 Å². The molecule has 33 heavy (non-hydrogen) atoms. The van der Waals surface area contributed by atoms with Crippen molar-refractivity contribution in [2.75, 3.05) is 51.3 Å². The Morgan fingerprint density at radius 2 is 1.64 bits per heavy atom. The monoisotopic (exact) mass is 445 g/mol. The summed E-state index contributed by atoms with van der Waals surface area (Å²) in [5, 5.41) is 8.13. The zero-order valence-electron chi connectivity index (χ0n) is 19.1. The van der Waals surface area contributed by atoms with E-state index in [0.717, 1.165) is 61.7 Å². The van der Waals surface area contributed by atoms with Crippen LogP contribution in [0.3, 0.4) is 0 Å². The second-order valence-corrected chi connectivity index (χ2v) is 8.69. The van der Waals surface area contributed by atoms with Crippen LogP contribution < -0.4 is 15.0 Å². The summed E-state index contributed by atoms with van der Waals surface area (Å²) in [5.74, 6) is 1.21. The van der Waals surface area contributed by atoms with Crippen LogP contribution in [-0.4, -0.2) is 67.0 Å². The van der Waals surface area contributed by atoms with Gasteiger partial charge in [-0.25, -0.2) is 4.68 Å². The first-order chi connectivity index (χ1) is 16.2. The average Bonchev–Trinajstić information content (AvgIpc) is 3.34. The molecule has 2 aliphatic rings. The maximum Gasteiger partial charge on any atom is 0.257 e. The number of rotatable bonds is 5. The molecule has 0 bridgehead atoms. The first kappa shape index (κ1) is 21.5. The molecule has 2 aromatic carbocycles. The molecule has 7 heteroatoms. The maximum absolute atomic E-state index is 13.7. The number of piperidine rings is 1. The summed E-state index contributed by atoms with van der Waals surface area (Å²) < 4.78 is 7.27. The Kier molecular flexibility index (Phi) is 6.30. The fourth-order valence-corrected chi connectivity index (χ4v) is 4.92. The predicted molar refractivity (Wildman–Crippen MR) is 130 cm³/mol. The molecule has 0 spiro atoms. The largest absolute Gasteiger partial charge is 0.497 e. The zero-order chi connectivity index (χ0) is 22.6. The molecule has 2 fully saturated rings. The highest BCUT2D eigenvalue weighted by molar-refractivity contribution is 5.95. The molecule has 0 saturated carbocycles. The molecule has 0 radical (unpaired) electrons. The van der Waals surface area contributed by atoms with Gasteiger partial charge in [0.15, 0.2) is 0 Å². The van der Waals surface area contributed by atoms with Crippen LogP contribution in [0.25, 0.3) is 5.69 Å². The van der Waals surface area contributed by atoms with E-state index in [1.54, 1.807) is 13.3 Å². The summed E-state index contributed by atoms with van der Waals surface area (Å²) in [4.78, 5) is 18.0. The van der Waals surface area contributed by atoms with Crippen molar-refractivity contribution >= 4 is 11.6 Å². The predicted octanol–water partition coefficient (Wildman–Crippen LogP) is 3.31. The Hall–Kier alpha value is -3.32. The molecule has 7 nitrogen and oxygen atoms in total. The number of carbonyl (C=O) groups excluding carboxylic acids is 1. The van der Waals surface area contributed by atoms with E-state index in [1.165, 1.54) is 5.69 Å². The highest BCUT2D eigenvalue weighted by Gasteiger charge is 2.30. The van der Waals surface area contributed by atoms with Crippen molar-refractivity contribution < 1.29 is 9.53 Å². The molecule has 0 unspecified atom stereocenters. The Balaban J connectivity index is 1.40. The van der Waals surface area contributed by atoms with Crippen molar-refractivity contribution in [3.8, 4) is 11.4 Å². The molecule has 0 aliphatic carbocycles. The van der Waals surface area contributed by atoms with Crippen LogP contribution in [0.1, 0.15) is 34.8 Å². The van der Waals surface area contributed by atoms with E-state index in [1.807, 2.05) is 39.9 Å². The van der Waals surface area contributed by atoms with Crippen LogP contribution in [-0.2, 0) is 0 Å². The minimum absolute atomic E-state index is 0.0935. The van der Waals surface area contributed by atoms with Crippen LogP contribution >= 0.6 is 0 Å². The molecule has 172 valence electrons. The first-order valence-electron chi connectivity index (χ1n) is 11.8. The van der Waals surface area contributed by atoms with E-state index in [0.29, 0.717) is 19.0 Å². The third-order valence-corrected chi connectivity index (χ3v) is 6.77. The lowest BCUT2D eigenvalue weighted by atomic mass is 9.91. The Bertz CT molecular complexity index is 1070. The number of anilines is 1. The smallest absolute Gasteiger partial charge is 0.257 e. The van der Waals surface area contributed by atoms with E-state index in [9.17, 15) is 4.79 Å². The van der Waals surface area contributed by atoms with Gasteiger partial charge in [-0.2, -0.15) is 5.10 Å². The second kappa shape index (κ2) is 9.67. The summed E-state index contributed by atoms with van der Waals surface area (Å²) in [6.07, 6.45) is 3.78. The van der Waals surface area contributed by atoms with Gasteiger partial charge in [-0.05, 0) is 62.3 Å². The van der Waals surface area contributed by atoms with Gasteiger partial charge in [0.1, 0.15) is 5.75 Å². The molecule has 3 heterocycles. The lowest BCUT2D eigenvalue weighted by molar-refractivity contribution is 0.0744. The van der Waals surface area contributed by atoms with Crippen LogP contribution in [0.4, 0.5) is 5.69 Å². The van der Waals surface area contributed by atoms with Gasteiger partial charge in [-0.15, -0.1) is 0 Å². The molecule has 1 amide bonds. The molecule has 2 aliphatic heterocycles. The number of hydrogen-bond acceptors (Lipinski definition) is 5. The molecule has 3 aromatic rings. The van der Waals surface area contributed by atoms with Crippen molar-refractivity contribution in [3.63, 3.8) is 0 Å². The van der Waals surface area contributed by atoms with E-state index in [2.05, 4.69) is 34.5 Å². The summed E-state index contributed by atoms with van der Waals surface area (Å²) in [7, 11) is 1.66. The number of hydrogen-bond donors (Lipinski definition) is 1. The normalized spacial score (nSPS) is 17.2. The summed E-state index contributed by atoms with van der Waals surface area (Å²) in [6, 6.07) is 18.3. The highest BCUT2D eigenvalue weighted by atomic mass is 16.5. The van der Waals surface area contributed by atoms with Gasteiger partial charge in [0.25, 0.3) is 5.91 Å². The van der Waals surface area contributed by atoms with Crippen LogP contribution in [0.15, 0.2) is 60.8 Å². The Morgan fingerprint density at radius 3 is 2.30 bits per heavy atom. The number of carbonyl (C=O) groups is 1. The van der Waals surface area contributed by atoms with Crippen LogP contribution in [0, 0.1) is 0 Å². The van der Waals surface area contributed by atoms with E-state index >= 15 is 0 Å². The maximum atomic E-state index is 13.7. The number of nitrogens with zero attached hydrogens (tertiary/aromatic N) is 4. The van der Waals surface area contributed by atoms with E-state index < -0.39 is 0 Å². The SMILES string of the molecule is COc1ccc(-n2ncc(C(=O)N3CCN(c4ccccc4)CC3)c2C2CCNCC2)cc1. The minimum atomic E-state index is 0.0935. The number of methoxy groups -OCH3 is 1. The minimum Gasteiger partial charge on any atom is -0.497 e. The number of aromatic nitrogens is 2. The molecular formula is C26H31N5O2. The van der Waals surface area contributed by atoms with Gasteiger partial charge in [-0.1, -0.05) is 18.2 Å². The van der Waals surface area contributed by atoms with Crippen molar-refractivity contribution in [1.29, 1.82) is 0 Å². The van der Waals surface area contributed by atoms with Crippen molar-refractivity contribution in [1.82, 2.24) is 20.0 Å². The standard InChI is InChI=1S/C26H31N5O2/c1-33-23-9-7-22(8-10-23)31-25(20-11-13-27-14-12-20)24(19-28-31)26(32)30-17-15-29(16-18-30)21-5-3-2-4-6-21/h2-10,19-20,27H,11-18H2,1H3. The summed E-state index contributed by atoms with van der Waals surface area (Å²) in [6.45, 7) is 5.03. The quantitative estimate of drug-likeness (QED) is 0.653. The van der Waals surface area contributed by atoms with Crippen molar-refractivity contribution in [2.45, 2.75) is 18.8 Å². The van der Waals surface area contributed by atoms with Gasteiger partial charge >= 0.3 is 0 Å². The summed E-state index contributed by atoms with van der Waals surface area (Å²) >= 11 is 0. The van der Waals surface area contributed by atoms with Gasteiger partial charge in [-0.3, -0.25) is 4.79 Å². The molecular weight excluding hydrogens is 414 g/mol. The second-order valence-electron chi connectivity index (χ2n) is 8.69. The molecule has 1 aromatic heterocycles. The number of nitrogens with one attached hydrogen (secondary N) is 1. The third kappa shape index (κ3) is 4.46. The number of piperazine rings is 1. The van der Waals surface area contributed by atoms with Gasteiger partial charge in [0.2, 0.25) is 0 Å². The van der Waals surface area contributed by atoms with Crippen LogP contribution in [0.5, 0.6) is 5.75 Å². The zero-order valence-corrected chi connectivity index (χ0v) is 19.1. The Labute approximate surface area is 195 Å². The molecule has 5 rings (SSSR count). The summed E-state index contributed by atoms with van der Waals surface area (Å²) in [5.41, 5.74) is 3.95. The number of ether oxygens (including phenoxy) is 1. The fraction of sp³-hybridized carbons (Fsp3) is 0.385. The fourth-order valence-electron chi connectivity index (χ4n) is 4.92. The van der Waals surface area contributed by atoms with Gasteiger partial charge in [0.05, 0.1) is 30.3 Å². The highest BCUT2D eigenvalue weighted by Crippen LogP contribution is 2.31. The molecule has 1 N–H and O–H groups in total. The van der Waals surface area contributed by atoms with E-state index in [4.69, 9.17) is 9.84 Å². The number of para-hydroxylation sites is 1. The molecule has 0 atom stereocenters. The van der Waals surface area contributed by atoms with Crippen LogP contribution in [0.2, 0.25) is 0 Å². The van der Waals surface area contributed by atoms with Gasteiger partial charge < -0.3 is 19.9 Å². The number of amides is 1. The third-order valence-electron chi connectivity index (χ3n) is 6.77. The lowest BCUT2D eigenvalue weighted by Crippen LogP contribution is -2.49. The topological polar surface area (TPSA) is 62.6 Å². The molecule has 2 saturated heterocycles. The Morgan fingerprint density at radius 1 is 0.939 bits per heavy atom. The van der Waals surface area contributed by atoms with Crippen molar-refractivity contribution in [3.05, 3.63) is 72.1 Å². The van der Waals surface area contributed by atoms with E-state index in [-0.39, 0.29) is 5.91 Å². The van der Waals surface area contributed by atoms with Crippen molar-refractivity contribution in [2.24, 2.45) is 0 Å². The number of benzene rings is 2. The lowest BCUT2D eigenvalue weighted by Gasteiger charge is -2.36. The average molecular weight is 446 g/mol. The first-order valence-corrected chi connectivity index (χ1v) is 11.8.